The van der Waals surface area contributed by atoms with Gasteiger partial charge < -0.3 is 15.2 Å². The summed E-state index contributed by atoms with van der Waals surface area (Å²) in [6.45, 7) is 0. The predicted octanol–water partition coefficient (Wildman–Crippen LogP) is 4.04. The van der Waals surface area contributed by atoms with Crippen molar-refractivity contribution in [3.05, 3.63) is 83.9 Å². The molecule has 0 aliphatic rings. The summed E-state index contributed by atoms with van der Waals surface area (Å²) in [5, 5.41) is 10.3. The van der Waals surface area contributed by atoms with Gasteiger partial charge in [-0.1, -0.05) is 47.6 Å². The predicted molar refractivity (Wildman–Crippen MR) is 112 cm³/mol. The van der Waals surface area contributed by atoms with Crippen LogP contribution in [0.4, 0.5) is 5.69 Å². The van der Waals surface area contributed by atoms with Crippen LogP contribution in [-0.2, 0) is 11.2 Å². The van der Waals surface area contributed by atoms with Crippen LogP contribution in [0.15, 0.2) is 77.3 Å². The Hall–Kier alpha value is -3.93. The van der Waals surface area contributed by atoms with Crippen molar-refractivity contribution < 1.29 is 14.1 Å². The summed E-state index contributed by atoms with van der Waals surface area (Å²) in [5.41, 5.74) is 3.63. The molecule has 2 N–H and O–H groups in total. The quantitative estimate of drug-likeness (QED) is 0.543. The zero-order valence-electron chi connectivity index (χ0n) is 15.8. The fourth-order valence-electron chi connectivity index (χ4n) is 3.06. The summed E-state index contributed by atoms with van der Waals surface area (Å²) in [6.07, 6.45) is 0.303. The third-order valence-corrected chi connectivity index (χ3v) is 4.63. The smallest absolute Gasteiger partial charge is 0.255 e. The molecule has 6 nitrogen and oxygen atoms in total. The molecule has 0 saturated carbocycles. The number of hydrogen-bond acceptors (Lipinski definition) is 4. The van der Waals surface area contributed by atoms with Gasteiger partial charge in [-0.15, -0.1) is 0 Å². The first-order valence-corrected chi connectivity index (χ1v) is 9.20. The van der Waals surface area contributed by atoms with E-state index in [-0.39, 0.29) is 11.8 Å². The van der Waals surface area contributed by atoms with Gasteiger partial charge in [0.2, 0.25) is 5.91 Å². The number of hydrogen-bond donors (Lipinski definition) is 2. The summed E-state index contributed by atoms with van der Waals surface area (Å²) in [6, 6.07) is 22.1. The van der Waals surface area contributed by atoms with Gasteiger partial charge in [-0.05, 0) is 35.9 Å². The highest BCUT2D eigenvalue weighted by molar-refractivity contribution is 6.07. The molecule has 29 heavy (non-hydrogen) atoms. The number of anilines is 1. The number of nitrogens with zero attached hydrogens (tertiary/aromatic N) is 1. The van der Waals surface area contributed by atoms with E-state index in [1.807, 2.05) is 42.5 Å². The SMILES string of the molecule is CNC(=O)Cc1ccc(NC(=O)c2ccc3noc(-c4ccccc4)c3c2)cc1. The van der Waals surface area contributed by atoms with Crippen molar-refractivity contribution in [1.82, 2.24) is 10.5 Å². The average Bonchev–Trinajstić information content (AvgIpc) is 3.19. The maximum absolute atomic E-state index is 12.7. The Balaban J connectivity index is 1.55. The number of benzene rings is 3. The molecule has 4 aromatic rings. The lowest BCUT2D eigenvalue weighted by Crippen LogP contribution is -2.19. The Labute approximate surface area is 167 Å². The van der Waals surface area contributed by atoms with E-state index in [0.29, 0.717) is 28.9 Å². The van der Waals surface area contributed by atoms with Gasteiger partial charge in [0.25, 0.3) is 5.91 Å². The molecule has 4 rings (SSSR count). The van der Waals surface area contributed by atoms with Crippen LogP contribution in [0, 0.1) is 0 Å². The van der Waals surface area contributed by atoms with Crippen LogP contribution in [0.25, 0.3) is 22.2 Å². The van der Waals surface area contributed by atoms with Gasteiger partial charge in [0, 0.05) is 23.9 Å². The largest absolute Gasteiger partial charge is 0.359 e. The monoisotopic (exact) mass is 385 g/mol. The van der Waals surface area contributed by atoms with Gasteiger partial charge >= 0.3 is 0 Å². The molecule has 0 atom stereocenters. The number of aromatic nitrogens is 1. The topological polar surface area (TPSA) is 84.2 Å². The Bertz CT molecular complexity index is 1170. The van der Waals surface area contributed by atoms with E-state index in [4.69, 9.17) is 4.52 Å². The number of amides is 2. The van der Waals surface area contributed by atoms with Crippen LogP contribution in [0.3, 0.4) is 0 Å². The molecule has 3 aromatic carbocycles. The highest BCUT2D eigenvalue weighted by Gasteiger charge is 2.14. The highest BCUT2D eigenvalue weighted by atomic mass is 16.5. The molecular formula is C23H19N3O3. The number of likely N-dealkylation sites (N-methyl/N-ethyl adjacent to an activating group) is 1. The minimum Gasteiger partial charge on any atom is -0.359 e. The van der Waals surface area contributed by atoms with E-state index in [9.17, 15) is 9.59 Å². The third-order valence-electron chi connectivity index (χ3n) is 4.63. The minimum atomic E-state index is -0.230. The second-order valence-electron chi connectivity index (χ2n) is 6.61. The van der Waals surface area contributed by atoms with Gasteiger partial charge in [-0.3, -0.25) is 9.59 Å². The van der Waals surface area contributed by atoms with Crippen LogP contribution < -0.4 is 10.6 Å². The van der Waals surface area contributed by atoms with Crippen LogP contribution in [0.1, 0.15) is 15.9 Å². The van der Waals surface area contributed by atoms with Gasteiger partial charge in [0.15, 0.2) is 5.76 Å². The summed E-state index contributed by atoms with van der Waals surface area (Å²) >= 11 is 0. The van der Waals surface area contributed by atoms with E-state index < -0.39 is 0 Å². The zero-order valence-corrected chi connectivity index (χ0v) is 15.8. The van der Waals surface area contributed by atoms with Crippen molar-refractivity contribution >= 4 is 28.4 Å². The molecule has 2 amide bonds. The lowest BCUT2D eigenvalue weighted by Gasteiger charge is -2.07. The third kappa shape index (κ3) is 4.01. The standard InChI is InChI=1S/C23H19N3O3/c1-24-21(27)13-15-7-10-18(11-8-15)25-23(28)17-9-12-20-19(14-17)22(29-26-20)16-5-3-2-4-6-16/h2-12,14H,13H2,1H3,(H,24,27)(H,25,28). The highest BCUT2D eigenvalue weighted by Crippen LogP contribution is 2.29. The summed E-state index contributed by atoms with van der Waals surface area (Å²) in [4.78, 5) is 24.2. The second kappa shape index (κ2) is 7.98. The number of rotatable bonds is 5. The molecule has 0 fully saturated rings. The van der Waals surface area contributed by atoms with Crippen LogP contribution in [0.2, 0.25) is 0 Å². The van der Waals surface area contributed by atoms with Crippen LogP contribution >= 0.6 is 0 Å². The minimum absolute atomic E-state index is 0.0574. The molecule has 0 spiro atoms. The van der Waals surface area contributed by atoms with Crippen molar-refractivity contribution in [1.29, 1.82) is 0 Å². The molecule has 144 valence electrons. The number of carbonyl (C=O) groups excluding carboxylic acids is 2. The molecule has 0 bridgehead atoms. The van der Waals surface area contributed by atoms with Gasteiger partial charge in [-0.2, -0.15) is 0 Å². The Kier molecular flexibility index (Phi) is 5.07. The first kappa shape index (κ1) is 18.4. The fourth-order valence-corrected chi connectivity index (χ4v) is 3.06. The van der Waals surface area contributed by atoms with Gasteiger partial charge in [0.1, 0.15) is 5.52 Å². The van der Waals surface area contributed by atoms with Crippen molar-refractivity contribution in [3.63, 3.8) is 0 Å². The van der Waals surface area contributed by atoms with Crippen LogP contribution in [-0.4, -0.2) is 24.0 Å². The molecule has 0 radical (unpaired) electrons. The van der Waals surface area contributed by atoms with Crippen molar-refractivity contribution in [3.8, 4) is 11.3 Å². The Morgan fingerprint density at radius 1 is 0.966 bits per heavy atom. The first-order valence-electron chi connectivity index (χ1n) is 9.20. The summed E-state index contributed by atoms with van der Waals surface area (Å²) in [7, 11) is 1.60. The number of nitrogens with one attached hydrogen (secondary N) is 2. The number of carbonyl (C=O) groups is 2. The molecule has 1 aromatic heterocycles. The molecular weight excluding hydrogens is 366 g/mol. The van der Waals surface area contributed by atoms with Crippen molar-refractivity contribution in [2.45, 2.75) is 6.42 Å². The Morgan fingerprint density at radius 3 is 2.45 bits per heavy atom. The zero-order chi connectivity index (χ0) is 20.2. The summed E-state index contributed by atoms with van der Waals surface area (Å²) < 4.78 is 5.49. The maximum Gasteiger partial charge on any atom is 0.255 e. The normalized spacial score (nSPS) is 10.7. The molecule has 0 unspecified atom stereocenters. The van der Waals surface area contributed by atoms with Gasteiger partial charge in [-0.25, -0.2) is 0 Å². The maximum atomic E-state index is 12.7. The van der Waals surface area contributed by atoms with E-state index in [1.54, 1.807) is 37.4 Å². The number of fused-ring (bicyclic) bond motifs is 1. The van der Waals surface area contributed by atoms with E-state index in [0.717, 1.165) is 16.5 Å². The molecule has 0 saturated heterocycles. The fraction of sp³-hybridized carbons (Fsp3) is 0.0870. The van der Waals surface area contributed by atoms with Crippen LogP contribution in [0.5, 0.6) is 0 Å². The van der Waals surface area contributed by atoms with Crippen molar-refractivity contribution in [2.75, 3.05) is 12.4 Å². The van der Waals surface area contributed by atoms with Crippen molar-refractivity contribution in [2.24, 2.45) is 0 Å². The molecule has 0 aliphatic carbocycles. The average molecular weight is 385 g/mol. The van der Waals surface area contributed by atoms with E-state index >= 15 is 0 Å². The first-order chi connectivity index (χ1) is 14.1. The molecule has 1 heterocycles. The molecule has 0 aliphatic heterocycles. The Morgan fingerprint density at radius 2 is 1.72 bits per heavy atom. The summed E-state index contributed by atoms with van der Waals surface area (Å²) in [5.74, 6) is 0.345. The lowest BCUT2D eigenvalue weighted by molar-refractivity contribution is -0.119. The second-order valence-corrected chi connectivity index (χ2v) is 6.61. The lowest BCUT2D eigenvalue weighted by atomic mass is 10.1. The molecule has 6 heteroatoms. The van der Waals surface area contributed by atoms with E-state index in [1.165, 1.54) is 0 Å². The van der Waals surface area contributed by atoms with Gasteiger partial charge in [0.05, 0.1) is 11.8 Å². The van der Waals surface area contributed by atoms with E-state index in [2.05, 4.69) is 15.8 Å².